The molecule has 0 saturated heterocycles. The van der Waals surface area contributed by atoms with Gasteiger partial charge >= 0.3 is 0 Å². The third kappa shape index (κ3) is 6.18. The third-order valence-corrected chi connectivity index (χ3v) is 4.35. The number of rotatable bonds is 10. The Morgan fingerprint density at radius 1 is 1.04 bits per heavy atom. The molecule has 3 N–H and O–H groups in total. The standard InChI is InChI=1S/C21H28N2O4/c1-15(20(22)16-8-5-4-6-9-16)21(24)23-10-7-11-27-19-13-17(25-2)12-18(14-19)26-3/h4-6,8-9,12-15,20H,7,10-11,22H2,1-3H3,(H,23,24). The Bertz CT molecular complexity index is 699. The zero-order valence-corrected chi connectivity index (χ0v) is 16.1. The van der Waals surface area contributed by atoms with Crippen LogP contribution >= 0.6 is 0 Å². The lowest BCUT2D eigenvalue weighted by molar-refractivity contribution is -0.125. The molecule has 2 aromatic carbocycles. The minimum Gasteiger partial charge on any atom is -0.496 e. The molecule has 0 aliphatic heterocycles. The van der Waals surface area contributed by atoms with Crippen molar-refractivity contribution in [3.05, 3.63) is 54.1 Å². The van der Waals surface area contributed by atoms with Gasteiger partial charge in [-0.15, -0.1) is 0 Å². The highest BCUT2D eigenvalue weighted by Crippen LogP contribution is 2.27. The Morgan fingerprint density at radius 2 is 1.63 bits per heavy atom. The highest BCUT2D eigenvalue weighted by molar-refractivity contribution is 5.79. The van der Waals surface area contributed by atoms with Crippen molar-refractivity contribution in [3.8, 4) is 17.2 Å². The summed E-state index contributed by atoms with van der Waals surface area (Å²) in [6, 6.07) is 14.7. The summed E-state index contributed by atoms with van der Waals surface area (Å²) in [4.78, 5) is 12.3. The van der Waals surface area contributed by atoms with E-state index in [1.165, 1.54) is 0 Å². The number of nitrogens with two attached hydrogens (primary N) is 1. The van der Waals surface area contributed by atoms with Gasteiger partial charge in [0.05, 0.1) is 26.7 Å². The quantitative estimate of drug-likeness (QED) is 0.627. The normalized spacial score (nSPS) is 12.7. The predicted octanol–water partition coefficient (Wildman–Crippen LogP) is 2.93. The summed E-state index contributed by atoms with van der Waals surface area (Å²) in [5, 5.41) is 2.92. The summed E-state index contributed by atoms with van der Waals surface area (Å²) in [5.74, 6) is 1.63. The average Bonchev–Trinajstić information content (AvgIpc) is 2.72. The Balaban J connectivity index is 1.74. The van der Waals surface area contributed by atoms with E-state index in [1.54, 1.807) is 32.4 Å². The molecule has 1 amide bonds. The van der Waals surface area contributed by atoms with Crippen molar-refractivity contribution in [2.24, 2.45) is 11.7 Å². The lowest BCUT2D eigenvalue weighted by atomic mass is 9.95. The highest BCUT2D eigenvalue weighted by atomic mass is 16.5. The number of amides is 1. The molecule has 146 valence electrons. The molecule has 2 unspecified atom stereocenters. The van der Waals surface area contributed by atoms with Crippen LogP contribution in [-0.4, -0.2) is 33.3 Å². The van der Waals surface area contributed by atoms with Gasteiger partial charge in [0.25, 0.3) is 0 Å². The maximum atomic E-state index is 12.3. The van der Waals surface area contributed by atoms with E-state index in [9.17, 15) is 4.79 Å². The van der Waals surface area contributed by atoms with Gasteiger partial charge in [0, 0.05) is 30.8 Å². The van der Waals surface area contributed by atoms with Gasteiger partial charge in [0.2, 0.25) is 5.91 Å². The molecule has 0 aliphatic carbocycles. The summed E-state index contributed by atoms with van der Waals surface area (Å²) < 4.78 is 16.1. The van der Waals surface area contributed by atoms with Crippen molar-refractivity contribution >= 4 is 5.91 Å². The first-order valence-corrected chi connectivity index (χ1v) is 8.99. The third-order valence-electron chi connectivity index (χ3n) is 4.35. The molecule has 2 atom stereocenters. The van der Waals surface area contributed by atoms with Crippen LogP contribution in [0.15, 0.2) is 48.5 Å². The highest BCUT2D eigenvalue weighted by Gasteiger charge is 2.21. The molecule has 0 radical (unpaired) electrons. The summed E-state index contributed by atoms with van der Waals surface area (Å²) in [6.45, 7) is 2.83. The van der Waals surface area contributed by atoms with Gasteiger partial charge in [-0.25, -0.2) is 0 Å². The molecule has 0 spiro atoms. The summed E-state index contributed by atoms with van der Waals surface area (Å²) in [5.41, 5.74) is 7.15. The molecular weight excluding hydrogens is 344 g/mol. The zero-order valence-electron chi connectivity index (χ0n) is 16.1. The van der Waals surface area contributed by atoms with Crippen LogP contribution < -0.4 is 25.3 Å². The Morgan fingerprint density at radius 3 is 2.22 bits per heavy atom. The van der Waals surface area contributed by atoms with Crippen LogP contribution in [0.5, 0.6) is 17.2 Å². The topological polar surface area (TPSA) is 82.8 Å². The summed E-state index contributed by atoms with van der Waals surface area (Å²) in [7, 11) is 3.19. The Hall–Kier alpha value is -2.73. The number of hydrogen-bond donors (Lipinski definition) is 2. The van der Waals surface area contributed by atoms with E-state index < -0.39 is 0 Å². The van der Waals surface area contributed by atoms with E-state index in [0.717, 1.165) is 5.56 Å². The number of benzene rings is 2. The Labute approximate surface area is 160 Å². The van der Waals surface area contributed by atoms with Crippen LogP contribution in [0, 0.1) is 5.92 Å². The second kappa shape index (κ2) is 10.4. The second-order valence-corrected chi connectivity index (χ2v) is 6.27. The van der Waals surface area contributed by atoms with Gasteiger partial charge in [-0.1, -0.05) is 37.3 Å². The van der Waals surface area contributed by atoms with E-state index in [4.69, 9.17) is 19.9 Å². The maximum Gasteiger partial charge on any atom is 0.224 e. The van der Waals surface area contributed by atoms with Gasteiger partial charge in [0.15, 0.2) is 0 Å². The molecule has 2 rings (SSSR count). The molecule has 0 heterocycles. The maximum absolute atomic E-state index is 12.3. The average molecular weight is 372 g/mol. The van der Waals surface area contributed by atoms with E-state index in [1.807, 2.05) is 37.3 Å². The lowest BCUT2D eigenvalue weighted by Crippen LogP contribution is -2.36. The van der Waals surface area contributed by atoms with Gasteiger partial charge in [0.1, 0.15) is 17.2 Å². The monoisotopic (exact) mass is 372 g/mol. The van der Waals surface area contributed by atoms with Crippen molar-refractivity contribution < 1.29 is 19.0 Å². The molecule has 0 fully saturated rings. The van der Waals surface area contributed by atoms with Crippen molar-refractivity contribution in [1.29, 1.82) is 0 Å². The summed E-state index contributed by atoms with van der Waals surface area (Å²) in [6.07, 6.45) is 0.679. The van der Waals surface area contributed by atoms with Crippen LogP contribution in [0.25, 0.3) is 0 Å². The number of ether oxygens (including phenoxy) is 3. The molecular formula is C21H28N2O4. The van der Waals surface area contributed by atoms with Crippen LogP contribution in [0.2, 0.25) is 0 Å². The smallest absolute Gasteiger partial charge is 0.224 e. The first-order chi connectivity index (χ1) is 13.0. The largest absolute Gasteiger partial charge is 0.496 e. The van der Waals surface area contributed by atoms with Crippen LogP contribution in [0.4, 0.5) is 0 Å². The molecule has 0 saturated carbocycles. The van der Waals surface area contributed by atoms with Crippen molar-refractivity contribution in [2.75, 3.05) is 27.4 Å². The minimum absolute atomic E-state index is 0.0607. The lowest BCUT2D eigenvalue weighted by Gasteiger charge is -2.19. The van der Waals surface area contributed by atoms with Crippen molar-refractivity contribution in [1.82, 2.24) is 5.32 Å². The first kappa shape index (κ1) is 20.6. The molecule has 0 aromatic heterocycles. The number of hydrogen-bond acceptors (Lipinski definition) is 5. The Kier molecular flexibility index (Phi) is 7.95. The number of nitrogens with one attached hydrogen (secondary N) is 1. The fourth-order valence-corrected chi connectivity index (χ4v) is 2.63. The minimum atomic E-state index is -0.327. The fraction of sp³-hybridized carbons (Fsp3) is 0.381. The van der Waals surface area contributed by atoms with Gasteiger partial charge in [-0.2, -0.15) is 0 Å². The first-order valence-electron chi connectivity index (χ1n) is 8.99. The van der Waals surface area contributed by atoms with E-state index in [-0.39, 0.29) is 17.9 Å². The van der Waals surface area contributed by atoms with Crippen LogP contribution in [0.3, 0.4) is 0 Å². The van der Waals surface area contributed by atoms with Crippen LogP contribution in [-0.2, 0) is 4.79 Å². The van der Waals surface area contributed by atoms with Gasteiger partial charge in [-0.3, -0.25) is 4.79 Å². The fourth-order valence-electron chi connectivity index (χ4n) is 2.63. The number of carbonyl (C=O) groups is 1. The number of methoxy groups -OCH3 is 2. The van der Waals surface area contributed by atoms with E-state index in [0.29, 0.717) is 36.8 Å². The molecule has 6 heteroatoms. The SMILES string of the molecule is COc1cc(OC)cc(OCCCNC(=O)C(C)C(N)c2ccccc2)c1. The number of carbonyl (C=O) groups excluding carboxylic acids is 1. The molecule has 0 bridgehead atoms. The van der Waals surface area contributed by atoms with Crippen molar-refractivity contribution in [2.45, 2.75) is 19.4 Å². The van der Waals surface area contributed by atoms with E-state index in [2.05, 4.69) is 5.32 Å². The molecule has 0 aliphatic rings. The molecule has 2 aromatic rings. The predicted molar refractivity (Wildman–Crippen MR) is 105 cm³/mol. The van der Waals surface area contributed by atoms with E-state index >= 15 is 0 Å². The molecule has 27 heavy (non-hydrogen) atoms. The summed E-state index contributed by atoms with van der Waals surface area (Å²) >= 11 is 0. The second-order valence-electron chi connectivity index (χ2n) is 6.27. The zero-order chi connectivity index (χ0) is 19.6. The van der Waals surface area contributed by atoms with Crippen LogP contribution in [0.1, 0.15) is 24.9 Å². The van der Waals surface area contributed by atoms with Gasteiger partial charge < -0.3 is 25.3 Å². The van der Waals surface area contributed by atoms with Crippen molar-refractivity contribution in [3.63, 3.8) is 0 Å². The molecule has 6 nitrogen and oxygen atoms in total. The van der Waals surface area contributed by atoms with Gasteiger partial charge in [-0.05, 0) is 12.0 Å².